The highest BCUT2D eigenvalue weighted by atomic mass is 35.5. The summed E-state index contributed by atoms with van der Waals surface area (Å²) in [6, 6.07) is 2.90. The van der Waals surface area contributed by atoms with Crippen LogP contribution in [-0.2, 0) is 11.0 Å². The van der Waals surface area contributed by atoms with Gasteiger partial charge in [0.15, 0.2) is 0 Å². The summed E-state index contributed by atoms with van der Waals surface area (Å²) in [6.07, 6.45) is -2.78. The molecular formula is C13H14ClF3N2O. The first-order valence-electron chi connectivity index (χ1n) is 6.26. The molecule has 1 saturated heterocycles. The highest BCUT2D eigenvalue weighted by Gasteiger charge is 2.31. The fraction of sp³-hybridized carbons (Fsp3) is 0.462. The van der Waals surface area contributed by atoms with Gasteiger partial charge in [-0.15, -0.1) is 0 Å². The smallest absolute Gasteiger partial charge is 0.324 e. The van der Waals surface area contributed by atoms with Crippen LogP contribution in [0.1, 0.15) is 18.4 Å². The topological polar surface area (TPSA) is 41.1 Å². The second-order valence-electron chi connectivity index (χ2n) is 4.72. The van der Waals surface area contributed by atoms with Crippen LogP contribution in [0.2, 0.25) is 5.02 Å². The maximum absolute atomic E-state index is 12.5. The van der Waals surface area contributed by atoms with E-state index in [1.54, 1.807) is 0 Å². The SMILES string of the molecule is O=C(Nc1ccc(C(F)(F)F)cc1Cl)[C@@H]1CCCNC1. The fourth-order valence-corrected chi connectivity index (χ4v) is 2.33. The van der Waals surface area contributed by atoms with Crippen molar-refractivity contribution in [1.82, 2.24) is 5.32 Å². The second-order valence-corrected chi connectivity index (χ2v) is 5.13. The van der Waals surface area contributed by atoms with Crippen molar-refractivity contribution in [2.75, 3.05) is 18.4 Å². The maximum atomic E-state index is 12.5. The zero-order valence-corrected chi connectivity index (χ0v) is 11.3. The van der Waals surface area contributed by atoms with Crippen molar-refractivity contribution >= 4 is 23.2 Å². The van der Waals surface area contributed by atoms with Gasteiger partial charge in [-0.2, -0.15) is 13.2 Å². The predicted molar refractivity (Wildman–Crippen MR) is 70.7 cm³/mol. The molecule has 1 aromatic rings. The van der Waals surface area contributed by atoms with E-state index in [1.807, 2.05) is 0 Å². The van der Waals surface area contributed by atoms with E-state index < -0.39 is 11.7 Å². The first-order valence-corrected chi connectivity index (χ1v) is 6.64. The Hall–Kier alpha value is -1.27. The van der Waals surface area contributed by atoms with Crippen molar-refractivity contribution < 1.29 is 18.0 Å². The standard InChI is InChI=1S/C13H14ClF3N2O/c14-10-6-9(13(15,16)17)3-4-11(10)19-12(20)8-2-1-5-18-7-8/h3-4,6,8,18H,1-2,5,7H2,(H,19,20)/t8-/m1/s1. The molecule has 1 atom stereocenters. The lowest BCUT2D eigenvalue weighted by molar-refractivity contribution is -0.137. The third-order valence-corrected chi connectivity index (χ3v) is 3.53. The predicted octanol–water partition coefficient (Wildman–Crippen LogP) is 3.30. The molecule has 0 bridgehead atoms. The summed E-state index contributed by atoms with van der Waals surface area (Å²) in [4.78, 5) is 12.0. The van der Waals surface area contributed by atoms with Gasteiger partial charge in [-0.05, 0) is 37.6 Å². The summed E-state index contributed by atoms with van der Waals surface area (Å²) < 4.78 is 37.5. The highest BCUT2D eigenvalue weighted by molar-refractivity contribution is 6.33. The number of hydrogen-bond acceptors (Lipinski definition) is 2. The Balaban J connectivity index is 2.08. The fourth-order valence-electron chi connectivity index (χ4n) is 2.10. The number of rotatable bonds is 2. The van der Waals surface area contributed by atoms with Crippen LogP contribution in [-0.4, -0.2) is 19.0 Å². The number of hydrogen-bond donors (Lipinski definition) is 2. The monoisotopic (exact) mass is 306 g/mol. The summed E-state index contributed by atoms with van der Waals surface area (Å²) in [7, 11) is 0. The minimum absolute atomic E-state index is 0.114. The van der Waals surface area contributed by atoms with Crippen LogP contribution in [0.5, 0.6) is 0 Å². The van der Waals surface area contributed by atoms with E-state index >= 15 is 0 Å². The normalized spacial score (nSPS) is 19.7. The molecule has 1 aliphatic rings. The largest absolute Gasteiger partial charge is 0.416 e. The molecule has 20 heavy (non-hydrogen) atoms. The van der Waals surface area contributed by atoms with Crippen molar-refractivity contribution in [1.29, 1.82) is 0 Å². The van der Waals surface area contributed by atoms with Crippen LogP contribution in [0.25, 0.3) is 0 Å². The van der Waals surface area contributed by atoms with Crippen molar-refractivity contribution in [3.63, 3.8) is 0 Å². The van der Waals surface area contributed by atoms with Gasteiger partial charge in [0.2, 0.25) is 5.91 Å². The summed E-state index contributed by atoms with van der Waals surface area (Å²) in [5.74, 6) is -0.402. The van der Waals surface area contributed by atoms with Gasteiger partial charge in [-0.3, -0.25) is 4.79 Å². The number of halogens is 4. The average molecular weight is 307 g/mol. The van der Waals surface area contributed by atoms with Gasteiger partial charge in [-0.1, -0.05) is 11.6 Å². The van der Waals surface area contributed by atoms with E-state index in [2.05, 4.69) is 10.6 Å². The maximum Gasteiger partial charge on any atom is 0.416 e. The number of amides is 1. The second kappa shape index (κ2) is 6.01. The van der Waals surface area contributed by atoms with Crippen molar-refractivity contribution in [2.24, 2.45) is 5.92 Å². The molecule has 110 valence electrons. The number of nitrogens with one attached hydrogen (secondary N) is 2. The van der Waals surface area contributed by atoms with Crippen LogP contribution >= 0.6 is 11.6 Å². The van der Waals surface area contributed by atoms with E-state index in [1.165, 1.54) is 6.07 Å². The minimum Gasteiger partial charge on any atom is -0.324 e. The molecule has 0 saturated carbocycles. The van der Waals surface area contributed by atoms with Gasteiger partial charge in [0.05, 0.1) is 22.2 Å². The van der Waals surface area contributed by atoms with Crippen LogP contribution in [0.3, 0.4) is 0 Å². The molecule has 1 fully saturated rings. The Morgan fingerprint density at radius 2 is 2.15 bits per heavy atom. The van der Waals surface area contributed by atoms with E-state index in [9.17, 15) is 18.0 Å². The van der Waals surface area contributed by atoms with Crippen LogP contribution in [0, 0.1) is 5.92 Å². The molecule has 1 aromatic carbocycles. The first kappa shape index (κ1) is 15.1. The lowest BCUT2D eigenvalue weighted by Crippen LogP contribution is -2.37. The molecule has 1 aliphatic heterocycles. The number of alkyl halides is 3. The molecule has 2 rings (SSSR count). The van der Waals surface area contributed by atoms with Crippen molar-refractivity contribution in [3.8, 4) is 0 Å². The molecular weight excluding hydrogens is 293 g/mol. The van der Waals surface area contributed by atoms with Crippen molar-refractivity contribution in [2.45, 2.75) is 19.0 Å². The third-order valence-electron chi connectivity index (χ3n) is 3.22. The van der Waals surface area contributed by atoms with Gasteiger partial charge in [0.1, 0.15) is 0 Å². The molecule has 7 heteroatoms. The molecule has 0 aliphatic carbocycles. The summed E-state index contributed by atoms with van der Waals surface area (Å²) >= 11 is 5.79. The van der Waals surface area contributed by atoms with Gasteiger partial charge < -0.3 is 10.6 Å². The summed E-state index contributed by atoms with van der Waals surface area (Å²) in [5, 5.41) is 5.57. The molecule has 0 spiro atoms. The quantitative estimate of drug-likeness (QED) is 0.880. The number of anilines is 1. The highest BCUT2D eigenvalue weighted by Crippen LogP contribution is 2.33. The Kier molecular flexibility index (Phi) is 4.55. The van der Waals surface area contributed by atoms with Crippen LogP contribution < -0.4 is 10.6 Å². The summed E-state index contributed by atoms with van der Waals surface area (Å²) in [6.45, 7) is 1.45. The minimum atomic E-state index is -4.44. The molecule has 0 unspecified atom stereocenters. The van der Waals surface area contributed by atoms with E-state index in [0.717, 1.165) is 31.5 Å². The van der Waals surface area contributed by atoms with E-state index in [0.29, 0.717) is 6.54 Å². The van der Waals surface area contributed by atoms with E-state index in [4.69, 9.17) is 11.6 Å². The van der Waals surface area contributed by atoms with Gasteiger partial charge in [0.25, 0.3) is 0 Å². The number of carbonyl (C=O) groups is 1. The van der Waals surface area contributed by atoms with Gasteiger partial charge in [-0.25, -0.2) is 0 Å². The number of piperidine rings is 1. The number of benzene rings is 1. The zero-order chi connectivity index (χ0) is 14.8. The van der Waals surface area contributed by atoms with E-state index in [-0.39, 0.29) is 22.5 Å². The Morgan fingerprint density at radius 1 is 1.40 bits per heavy atom. The summed E-state index contributed by atoms with van der Waals surface area (Å²) in [5.41, 5.74) is -0.630. The van der Waals surface area contributed by atoms with Gasteiger partial charge in [0, 0.05) is 6.54 Å². The van der Waals surface area contributed by atoms with Gasteiger partial charge >= 0.3 is 6.18 Å². The number of carbonyl (C=O) groups excluding carboxylic acids is 1. The molecule has 0 aromatic heterocycles. The van der Waals surface area contributed by atoms with Crippen LogP contribution in [0.15, 0.2) is 18.2 Å². The third kappa shape index (κ3) is 3.64. The average Bonchev–Trinajstić information content (AvgIpc) is 2.41. The van der Waals surface area contributed by atoms with Crippen LogP contribution in [0.4, 0.5) is 18.9 Å². The molecule has 1 heterocycles. The molecule has 1 amide bonds. The molecule has 2 N–H and O–H groups in total. The Labute approximate surface area is 119 Å². The first-order chi connectivity index (χ1) is 9.38. The Morgan fingerprint density at radius 3 is 2.70 bits per heavy atom. The lowest BCUT2D eigenvalue weighted by atomic mass is 9.99. The molecule has 0 radical (unpaired) electrons. The Bertz CT molecular complexity index is 499. The zero-order valence-electron chi connectivity index (χ0n) is 10.6. The lowest BCUT2D eigenvalue weighted by Gasteiger charge is -2.22. The van der Waals surface area contributed by atoms with Crippen molar-refractivity contribution in [3.05, 3.63) is 28.8 Å². The molecule has 3 nitrogen and oxygen atoms in total.